The number of carbonyl (C=O) groups excluding carboxylic acids is 1. The topological polar surface area (TPSA) is 104 Å². The van der Waals surface area contributed by atoms with Gasteiger partial charge in [0.1, 0.15) is 24.1 Å². The third-order valence-corrected chi connectivity index (χ3v) is 5.12. The van der Waals surface area contributed by atoms with Gasteiger partial charge in [0.15, 0.2) is 0 Å². The number of aliphatic hydroxyl groups excluding tert-OH is 1. The van der Waals surface area contributed by atoms with Crippen molar-refractivity contribution < 1.29 is 23.4 Å². The molecule has 7 nitrogen and oxygen atoms in total. The molecular formula is C24H25F2N3O4. The fourth-order valence-electron chi connectivity index (χ4n) is 3.19. The number of carbonyl (C=O) groups is 1. The van der Waals surface area contributed by atoms with Crippen LogP contribution in [0.3, 0.4) is 0 Å². The predicted octanol–water partition coefficient (Wildman–Crippen LogP) is 3.28. The molecule has 1 atom stereocenters. The first-order valence-corrected chi connectivity index (χ1v) is 10.5. The summed E-state index contributed by atoms with van der Waals surface area (Å²) in [5.41, 5.74) is 1.58. The van der Waals surface area contributed by atoms with Crippen LogP contribution in [0.2, 0.25) is 0 Å². The highest BCUT2D eigenvalue weighted by atomic mass is 19.1. The standard InChI is InChI=1S/C24H25F2N3O4/c1-4-18-23(32)28-21(29-24(18)33-12-16-7-8-17(25)10-20(16)26)19-9-15(6-5-13(19)2)22(31)27-14(3)11-30/h5-10,14,30H,4,11-12H2,1-3H3,(H,27,31)(H,28,29,32)/t14-/m1/s1. The molecule has 1 heterocycles. The number of hydrogen-bond acceptors (Lipinski definition) is 5. The lowest BCUT2D eigenvalue weighted by molar-refractivity contribution is 0.0922. The van der Waals surface area contributed by atoms with Crippen molar-refractivity contribution in [1.29, 1.82) is 0 Å². The van der Waals surface area contributed by atoms with E-state index in [4.69, 9.17) is 9.84 Å². The number of aliphatic hydroxyl groups is 1. The zero-order valence-corrected chi connectivity index (χ0v) is 18.5. The number of nitrogens with zero attached hydrogens (tertiary/aromatic N) is 1. The summed E-state index contributed by atoms with van der Waals surface area (Å²) >= 11 is 0. The molecule has 3 rings (SSSR count). The predicted molar refractivity (Wildman–Crippen MR) is 119 cm³/mol. The zero-order chi connectivity index (χ0) is 24.1. The van der Waals surface area contributed by atoms with Gasteiger partial charge in [0, 0.05) is 28.8 Å². The smallest absolute Gasteiger partial charge is 0.258 e. The molecule has 1 aromatic heterocycles. The van der Waals surface area contributed by atoms with Crippen LogP contribution in [0.15, 0.2) is 41.2 Å². The lowest BCUT2D eigenvalue weighted by Gasteiger charge is -2.14. The van der Waals surface area contributed by atoms with E-state index in [0.29, 0.717) is 17.5 Å². The Hall–Kier alpha value is -3.59. The van der Waals surface area contributed by atoms with Crippen LogP contribution >= 0.6 is 0 Å². The first-order chi connectivity index (χ1) is 15.7. The number of rotatable bonds is 8. The summed E-state index contributed by atoms with van der Waals surface area (Å²) in [5, 5.41) is 11.8. The number of H-pyrrole nitrogens is 1. The molecule has 0 aliphatic rings. The lowest BCUT2D eigenvalue weighted by Crippen LogP contribution is -2.35. The second-order valence-corrected chi connectivity index (χ2v) is 7.66. The summed E-state index contributed by atoms with van der Waals surface area (Å²) in [6.45, 7) is 4.79. The normalized spacial score (nSPS) is 11.8. The molecule has 33 heavy (non-hydrogen) atoms. The van der Waals surface area contributed by atoms with Crippen molar-refractivity contribution in [3.8, 4) is 17.3 Å². The fourth-order valence-corrected chi connectivity index (χ4v) is 3.19. The molecule has 1 amide bonds. The highest BCUT2D eigenvalue weighted by Crippen LogP contribution is 2.24. The molecule has 9 heteroatoms. The van der Waals surface area contributed by atoms with Crippen LogP contribution in [-0.2, 0) is 13.0 Å². The summed E-state index contributed by atoms with van der Waals surface area (Å²) < 4.78 is 32.8. The average Bonchev–Trinajstić information content (AvgIpc) is 2.78. The van der Waals surface area contributed by atoms with Crippen molar-refractivity contribution in [2.24, 2.45) is 0 Å². The van der Waals surface area contributed by atoms with Crippen molar-refractivity contribution in [3.05, 3.63) is 80.6 Å². The Labute approximate surface area is 189 Å². The molecule has 0 radical (unpaired) electrons. The number of amides is 1. The number of aromatic amines is 1. The summed E-state index contributed by atoms with van der Waals surface area (Å²) in [7, 11) is 0. The van der Waals surface area contributed by atoms with E-state index >= 15 is 0 Å². The van der Waals surface area contributed by atoms with Gasteiger partial charge in [0.2, 0.25) is 5.88 Å². The summed E-state index contributed by atoms with van der Waals surface area (Å²) in [6.07, 6.45) is 0.324. The highest BCUT2D eigenvalue weighted by molar-refractivity contribution is 5.95. The molecule has 0 saturated carbocycles. The van der Waals surface area contributed by atoms with Crippen LogP contribution < -0.4 is 15.6 Å². The van der Waals surface area contributed by atoms with Gasteiger partial charge in [-0.15, -0.1) is 0 Å². The first-order valence-electron chi connectivity index (χ1n) is 10.5. The molecule has 174 valence electrons. The molecule has 3 aromatic rings. The van der Waals surface area contributed by atoms with Gasteiger partial charge in [-0.25, -0.2) is 8.78 Å². The number of benzene rings is 2. The molecule has 0 aliphatic heterocycles. The van der Waals surface area contributed by atoms with Crippen molar-refractivity contribution >= 4 is 5.91 Å². The largest absolute Gasteiger partial charge is 0.472 e. The molecule has 0 fully saturated rings. The van der Waals surface area contributed by atoms with E-state index in [-0.39, 0.29) is 42.0 Å². The summed E-state index contributed by atoms with van der Waals surface area (Å²) in [4.78, 5) is 32.3. The first kappa shape index (κ1) is 24.1. The van der Waals surface area contributed by atoms with Crippen molar-refractivity contribution in [1.82, 2.24) is 15.3 Å². The lowest BCUT2D eigenvalue weighted by atomic mass is 10.0. The second kappa shape index (κ2) is 10.4. The van der Waals surface area contributed by atoms with E-state index < -0.39 is 23.2 Å². The summed E-state index contributed by atoms with van der Waals surface area (Å²) in [6, 6.07) is 7.66. The van der Waals surface area contributed by atoms with Crippen LogP contribution in [0.1, 0.15) is 40.9 Å². The van der Waals surface area contributed by atoms with Gasteiger partial charge < -0.3 is 20.1 Å². The van der Waals surface area contributed by atoms with Gasteiger partial charge in [0.25, 0.3) is 11.5 Å². The minimum Gasteiger partial charge on any atom is -0.472 e. The van der Waals surface area contributed by atoms with Crippen LogP contribution in [0.5, 0.6) is 5.88 Å². The van der Waals surface area contributed by atoms with E-state index in [1.54, 1.807) is 39.0 Å². The Morgan fingerprint density at radius 1 is 1.24 bits per heavy atom. The maximum absolute atomic E-state index is 14.0. The number of halogens is 2. The Kier molecular flexibility index (Phi) is 7.55. The maximum Gasteiger partial charge on any atom is 0.258 e. The molecule has 3 N–H and O–H groups in total. The molecule has 0 unspecified atom stereocenters. The number of nitrogens with one attached hydrogen (secondary N) is 2. The molecular weight excluding hydrogens is 432 g/mol. The van der Waals surface area contributed by atoms with E-state index in [0.717, 1.165) is 17.7 Å². The monoisotopic (exact) mass is 457 g/mol. The SMILES string of the molecule is CCc1c(OCc2ccc(F)cc2F)nc(-c2cc(C(=O)N[C@H](C)CO)ccc2C)[nH]c1=O. The number of ether oxygens (including phenoxy) is 1. The van der Waals surface area contributed by atoms with E-state index in [1.165, 1.54) is 6.07 Å². The molecule has 0 aliphatic carbocycles. The van der Waals surface area contributed by atoms with Gasteiger partial charge in [-0.05, 0) is 50.1 Å². The minimum absolute atomic E-state index is 0.0307. The fraction of sp³-hybridized carbons (Fsp3) is 0.292. The molecule has 2 aromatic carbocycles. The number of hydrogen-bond donors (Lipinski definition) is 3. The van der Waals surface area contributed by atoms with Gasteiger partial charge in [-0.2, -0.15) is 4.98 Å². The van der Waals surface area contributed by atoms with E-state index in [9.17, 15) is 18.4 Å². The zero-order valence-electron chi connectivity index (χ0n) is 18.5. The van der Waals surface area contributed by atoms with Crippen molar-refractivity contribution in [2.45, 2.75) is 39.8 Å². The van der Waals surface area contributed by atoms with Crippen molar-refractivity contribution in [3.63, 3.8) is 0 Å². The third kappa shape index (κ3) is 5.61. The van der Waals surface area contributed by atoms with Gasteiger partial charge >= 0.3 is 0 Å². The number of aromatic nitrogens is 2. The second-order valence-electron chi connectivity index (χ2n) is 7.66. The maximum atomic E-state index is 14.0. The van der Waals surface area contributed by atoms with Crippen LogP contribution in [-0.4, -0.2) is 33.6 Å². The average molecular weight is 457 g/mol. The van der Waals surface area contributed by atoms with E-state index in [2.05, 4.69) is 15.3 Å². The van der Waals surface area contributed by atoms with Crippen LogP contribution in [0.25, 0.3) is 11.4 Å². The van der Waals surface area contributed by atoms with Crippen LogP contribution in [0.4, 0.5) is 8.78 Å². The highest BCUT2D eigenvalue weighted by Gasteiger charge is 2.17. The van der Waals surface area contributed by atoms with Crippen LogP contribution in [0, 0.1) is 18.6 Å². The number of aryl methyl sites for hydroxylation is 1. The quantitative estimate of drug-likeness (QED) is 0.482. The van der Waals surface area contributed by atoms with Crippen molar-refractivity contribution in [2.75, 3.05) is 6.61 Å². The minimum atomic E-state index is -0.759. The molecule has 0 saturated heterocycles. The Morgan fingerprint density at radius 2 is 2.00 bits per heavy atom. The molecule has 0 bridgehead atoms. The van der Waals surface area contributed by atoms with E-state index in [1.807, 2.05) is 0 Å². The third-order valence-electron chi connectivity index (χ3n) is 5.12. The Bertz CT molecular complexity index is 1230. The van der Waals surface area contributed by atoms with Gasteiger partial charge in [-0.3, -0.25) is 9.59 Å². The van der Waals surface area contributed by atoms with Gasteiger partial charge in [-0.1, -0.05) is 13.0 Å². The van der Waals surface area contributed by atoms with Gasteiger partial charge in [0.05, 0.1) is 12.2 Å². The Morgan fingerprint density at radius 3 is 2.67 bits per heavy atom. The molecule has 0 spiro atoms. The summed E-state index contributed by atoms with van der Waals surface area (Å²) in [5.74, 6) is -1.62. The Balaban J connectivity index is 1.97.